The SMILES string of the molecule is C#CCOCCOc1ccc(OCC)cc1. The molecule has 0 fully saturated rings. The van der Waals surface area contributed by atoms with Crippen LogP contribution in [0.25, 0.3) is 0 Å². The topological polar surface area (TPSA) is 27.7 Å². The van der Waals surface area contributed by atoms with Crippen LogP contribution in [0, 0.1) is 12.3 Å². The molecule has 16 heavy (non-hydrogen) atoms. The van der Waals surface area contributed by atoms with Crippen LogP contribution in [0.2, 0.25) is 0 Å². The minimum Gasteiger partial charge on any atom is -0.494 e. The number of benzene rings is 1. The first-order valence-electron chi connectivity index (χ1n) is 5.23. The molecule has 0 unspecified atom stereocenters. The second-order valence-corrected chi connectivity index (χ2v) is 3.01. The van der Waals surface area contributed by atoms with E-state index in [-0.39, 0.29) is 0 Å². The van der Waals surface area contributed by atoms with Gasteiger partial charge in [-0.25, -0.2) is 0 Å². The quantitative estimate of drug-likeness (QED) is 0.520. The van der Waals surface area contributed by atoms with Crippen molar-refractivity contribution in [1.82, 2.24) is 0 Å². The van der Waals surface area contributed by atoms with Crippen LogP contribution in [-0.2, 0) is 4.74 Å². The van der Waals surface area contributed by atoms with Gasteiger partial charge in [-0.15, -0.1) is 6.42 Å². The third-order valence-electron chi connectivity index (χ3n) is 1.82. The van der Waals surface area contributed by atoms with Crippen molar-refractivity contribution in [2.45, 2.75) is 6.92 Å². The summed E-state index contributed by atoms with van der Waals surface area (Å²) in [5.41, 5.74) is 0. The fourth-order valence-electron chi connectivity index (χ4n) is 1.15. The number of hydrogen-bond donors (Lipinski definition) is 0. The van der Waals surface area contributed by atoms with Gasteiger partial charge in [-0.3, -0.25) is 0 Å². The molecule has 0 spiro atoms. The molecular formula is C13H16O3. The number of rotatable bonds is 7. The first kappa shape index (κ1) is 12.4. The summed E-state index contributed by atoms with van der Waals surface area (Å²) < 4.78 is 15.8. The summed E-state index contributed by atoms with van der Waals surface area (Å²) in [6.45, 7) is 3.94. The van der Waals surface area contributed by atoms with Gasteiger partial charge in [0.1, 0.15) is 24.7 Å². The van der Waals surface area contributed by atoms with Crippen molar-refractivity contribution in [2.75, 3.05) is 26.4 Å². The molecule has 0 saturated heterocycles. The highest BCUT2D eigenvalue weighted by Gasteiger charge is 1.95. The average Bonchev–Trinajstić information content (AvgIpc) is 2.31. The molecule has 0 aromatic heterocycles. The summed E-state index contributed by atoms with van der Waals surface area (Å²) >= 11 is 0. The lowest BCUT2D eigenvalue weighted by atomic mass is 10.3. The standard InChI is InChI=1S/C13H16O3/c1-3-9-14-10-11-16-13-7-5-12(6-8-13)15-4-2/h1,5-8H,4,9-11H2,2H3. The van der Waals surface area contributed by atoms with Crippen LogP contribution in [0.1, 0.15) is 6.92 Å². The fraction of sp³-hybridized carbons (Fsp3) is 0.385. The van der Waals surface area contributed by atoms with E-state index in [0.29, 0.717) is 26.4 Å². The Morgan fingerprint density at radius 3 is 2.25 bits per heavy atom. The van der Waals surface area contributed by atoms with Crippen LogP contribution in [-0.4, -0.2) is 26.4 Å². The minimum absolute atomic E-state index is 0.326. The molecule has 0 N–H and O–H groups in total. The molecular weight excluding hydrogens is 204 g/mol. The van der Waals surface area contributed by atoms with E-state index >= 15 is 0 Å². The molecule has 86 valence electrons. The highest BCUT2D eigenvalue weighted by atomic mass is 16.5. The van der Waals surface area contributed by atoms with E-state index in [9.17, 15) is 0 Å². The summed E-state index contributed by atoms with van der Waals surface area (Å²) in [6, 6.07) is 7.49. The summed E-state index contributed by atoms with van der Waals surface area (Å²) in [6.07, 6.45) is 5.04. The molecule has 0 atom stereocenters. The summed E-state index contributed by atoms with van der Waals surface area (Å²) in [5, 5.41) is 0. The van der Waals surface area contributed by atoms with Crippen molar-refractivity contribution in [1.29, 1.82) is 0 Å². The predicted molar refractivity (Wildman–Crippen MR) is 62.8 cm³/mol. The summed E-state index contributed by atoms with van der Waals surface area (Å²) in [7, 11) is 0. The van der Waals surface area contributed by atoms with Gasteiger partial charge in [-0.1, -0.05) is 5.92 Å². The highest BCUT2D eigenvalue weighted by Crippen LogP contribution is 2.17. The van der Waals surface area contributed by atoms with E-state index in [1.165, 1.54) is 0 Å². The number of terminal acetylenes is 1. The van der Waals surface area contributed by atoms with E-state index in [2.05, 4.69) is 5.92 Å². The first-order chi connectivity index (χ1) is 7.86. The molecule has 0 aliphatic rings. The Morgan fingerprint density at radius 1 is 1.06 bits per heavy atom. The van der Waals surface area contributed by atoms with E-state index in [0.717, 1.165) is 11.5 Å². The third kappa shape index (κ3) is 4.72. The Balaban J connectivity index is 2.24. The lowest BCUT2D eigenvalue weighted by Crippen LogP contribution is -2.06. The molecule has 1 aromatic carbocycles. The van der Waals surface area contributed by atoms with Gasteiger partial charge in [0.25, 0.3) is 0 Å². The van der Waals surface area contributed by atoms with Gasteiger partial charge < -0.3 is 14.2 Å². The summed E-state index contributed by atoms with van der Waals surface area (Å²) in [4.78, 5) is 0. The van der Waals surface area contributed by atoms with Crippen molar-refractivity contribution in [3.05, 3.63) is 24.3 Å². The van der Waals surface area contributed by atoms with Gasteiger partial charge in [0.2, 0.25) is 0 Å². The van der Waals surface area contributed by atoms with Crippen molar-refractivity contribution < 1.29 is 14.2 Å². The van der Waals surface area contributed by atoms with Crippen molar-refractivity contribution in [3.63, 3.8) is 0 Å². The normalized spacial score (nSPS) is 9.50. The zero-order valence-corrected chi connectivity index (χ0v) is 9.44. The Kier molecular flexibility index (Phi) is 5.90. The Morgan fingerprint density at radius 2 is 1.69 bits per heavy atom. The second kappa shape index (κ2) is 7.61. The van der Waals surface area contributed by atoms with Crippen LogP contribution >= 0.6 is 0 Å². The van der Waals surface area contributed by atoms with Crippen LogP contribution < -0.4 is 9.47 Å². The van der Waals surface area contributed by atoms with Crippen molar-refractivity contribution in [2.24, 2.45) is 0 Å². The molecule has 3 nitrogen and oxygen atoms in total. The average molecular weight is 220 g/mol. The largest absolute Gasteiger partial charge is 0.494 e. The molecule has 0 saturated carbocycles. The van der Waals surface area contributed by atoms with Crippen LogP contribution in [0.4, 0.5) is 0 Å². The van der Waals surface area contributed by atoms with Crippen LogP contribution in [0.3, 0.4) is 0 Å². The maximum absolute atomic E-state index is 5.44. The Bertz CT molecular complexity index is 324. The van der Waals surface area contributed by atoms with Crippen LogP contribution in [0.15, 0.2) is 24.3 Å². The molecule has 0 radical (unpaired) electrons. The lowest BCUT2D eigenvalue weighted by molar-refractivity contribution is 0.124. The number of ether oxygens (including phenoxy) is 3. The molecule has 0 bridgehead atoms. The van der Waals surface area contributed by atoms with Crippen molar-refractivity contribution >= 4 is 0 Å². The van der Waals surface area contributed by atoms with Crippen LogP contribution in [0.5, 0.6) is 11.5 Å². The second-order valence-electron chi connectivity index (χ2n) is 3.01. The molecule has 3 heteroatoms. The zero-order valence-electron chi connectivity index (χ0n) is 9.44. The lowest BCUT2D eigenvalue weighted by Gasteiger charge is -2.07. The molecule has 1 aromatic rings. The first-order valence-corrected chi connectivity index (χ1v) is 5.23. The van der Waals surface area contributed by atoms with Gasteiger partial charge in [0, 0.05) is 0 Å². The third-order valence-corrected chi connectivity index (χ3v) is 1.82. The highest BCUT2D eigenvalue weighted by molar-refractivity contribution is 5.31. The Labute approximate surface area is 96.3 Å². The molecule has 0 aliphatic carbocycles. The van der Waals surface area contributed by atoms with Gasteiger partial charge in [0.05, 0.1) is 13.2 Å². The monoisotopic (exact) mass is 220 g/mol. The fourth-order valence-corrected chi connectivity index (χ4v) is 1.15. The minimum atomic E-state index is 0.326. The zero-order chi connectivity index (χ0) is 11.6. The van der Waals surface area contributed by atoms with Gasteiger partial charge >= 0.3 is 0 Å². The molecule has 0 amide bonds. The van der Waals surface area contributed by atoms with Gasteiger partial charge in [-0.05, 0) is 31.2 Å². The molecule has 0 aliphatic heterocycles. The smallest absolute Gasteiger partial charge is 0.119 e. The van der Waals surface area contributed by atoms with E-state index in [4.69, 9.17) is 20.6 Å². The Hall–Kier alpha value is -1.66. The summed E-state index contributed by atoms with van der Waals surface area (Å²) in [5.74, 6) is 4.04. The maximum Gasteiger partial charge on any atom is 0.119 e. The van der Waals surface area contributed by atoms with Gasteiger partial charge in [0.15, 0.2) is 0 Å². The van der Waals surface area contributed by atoms with Gasteiger partial charge in [-0.2, -0.15) is 0 Å². The van der Waals surface area contributed by atoms with E-state index < -0.39 is 0 Å². The van der Waals surface area contributed by atoms with E-state index in [1.807, 2.05) is 31.2 Å². The predicted octanol–water partition coefficient (Wildman–Crippen LogP) is 2.11. The number of hydrogen-bond acceptors (Lipinski definition) is 3. The van der Waals surface area contributed by atoms with E-state index in [1.54, 1.807) is 0 Å². The maximum atomic E-state index is 5.44. The van der Waals surface area contributed by atoms with Crippen molar-refractivity contribution in [3.8, 4) is 23.8 Å². The molecule has 1 rings (SSSR count). The molecule has 0 heterocycles.